The summed E-state index contributed by atoms with van der Waals surface area (Å²) in [6, 6.07) is 22.9. The Morgan fingerprint density at radius 1 is 1.04 bits per heavy atom. The molecule has 0 aromatic heterocycles. The van der Waals surface area contributed by atoms with Crippen LogP contribution in [0.5, 0.6) is 11.5 Å². The zero-order valence-electron chi connectivity index (χ0n) is 26.9. The van der Waals surface area contributed by atoms with Crippen molar-refractivity contribution in [3.05, 3.63) is 95.1 Å². The van der Waals surface area contributed by atoms with E-state index < -0.39 is 39.2 Å². The second kappa shape index (κ2) is 11.8. The van der Waals surface area contributed by atoms with Crippen LogP contribution in [-0.4, -0.2) is 72.1 Å². The monoisotopic (exact) mass is 644 g/mol. The fourth-order valence-electron chi connectivity index (χ4n) is 8.99. The average molecular weight is 645 g/mol. The molecule has 1 saturated carbocycles. The van der Waals surface area contributed by atoms with E-state index in [2.05, 4.69) is 29.2 Å². The normalized spacial score (nSPS) is 28.2. The summed E-state index contributed by atoms with van der Waals surface area (Å²) in [4.78, 5) is 14.6. The molecule has 7 rings (SSSR count). The molecule has 5 atom stereocenters. The van der Waals surface area contributed by atoms with Gasteiger partial charge in [-0.2, -0.15) is 4.31 Å². The molecule has 1 N–H and O–H groups in total. The van der Waals surface area contributed by atoms with Gasteiger partial charge in [-0.15, -0.1) is 0 Å². The lowest BCUT2D eigenvalue weighted by Crippen LogP contribution is -2.78. The van der Waals surface area contributed by atoms with Gasteiger partial charge in [-0.05, 0) is 67.3 Å². The molecule has 1 spiro atoms. The Morgan fingerprint density at radius 2 is 1.74 bits per heavy atom. The van der Waals surface area contributed by atoms with E-state index in [9.17, 15) is 18.3 Å². The molecule has 3 aromatic rings. The van der Waals surface area contributed by atoms with E-state index in [4.69, 9.17) is 9.47 Å². The summed E-state index contributed by atoms with van der Waals surface area (Å²) in [5.41, 5.74) is 2.02. The van der Waals surface area contributed by atoms with E-state index in [-0.39, 0.29) is 17.7 Å². The maximum Gasteiger partial charge on any atom is 0.308 e. The molecule has 46 heavy (non-hydrogen) atoms. The lowest BCUT2D eigenvalue weighted by molar-refractivity contribution is -0.196. The Labute approximate surface area is 272 Å². The van der Waals surface area contributed by atoms with E-state index in [1.807, 2.05) is 56.3 Å². The molecule has 2 aliphatic heterocycles. The van der Waals surface area contributed by atoms with Crippen molar-refractivity contribution in [2.45, 2.75) is 87.8 Å². The number of hydrogen-bond acceptors (Lipinski definition) is 7. The molecule has 2 bridgehead atoms. The second-order valence-electron chi connectivity index (χ2n) is 14.0. The highest BCUT2D eigenvalue weighted by Gasteiger charge is 2.73. The smallest absolute Gasteiger partial charge is 0.308 e. The second-order valence-corrected chi connectivity index (χ2v) is 15.9. The van der Waals surface area contributed by atoms with Crippen molar-refractivity contribution in [1.29, 1.82) is 0 Å². The van der Waals surface area contributed by atoms with Gasteiger partial charge in [0.15, 0.2) is 11.5 Å². The zero-order chi connectivity index (χ0) is 32.3. The molecule has 0 amide bonds. The number of aliphatic hydroxyl groups is 1. The van der Waals surface area contributed by atoms with Crippen molar-refractivity contribution in [3.8, 4) is 11.5 Å². The highest BCUT2D eigenvalue weighted by atomic mass is 32.2. The fourth-order valence-corrected chi connectivity index (χ4v) is 10.9. The Kier molecular flexibility index (Phi) is 8.03. The molecule has 2 heterocycles. The van der Waals surface area contributed by atoms with Gasteiger partial charge in [-0.25, -0.2) is 8.42 Å². The van der Waals surface area contributed by atoms with Gasteiger partial charge in [-0.1, -0.05) is 80.6 Å². The molecular weight excluding hydrogens is 600 g/mol. The van der Waals surface area contributed by atoms with Crippen LogP contribution in [0.1, 0.15) is 62.3 Å². The van der Waals surface area contributed by atoms with E-state index >= 15 is 0 Å². The van der Waals surface area contributed by atoms with Gasteiger partial charge in [0.1, 0.15) is 6.10 Å². The van der Waals surface area contributed by atoms with Crippen LogP contribution < -0.4 is 9.47 Å². The Hall–Kier alpha value is -3.24. The summed E-state index contributed by atoms with van der Waals surface area (Å²) in [6.45, 7) is 7.36. The summed E-state index contributed by atoms with van der Waals surface area (Å²) in [7, 11) is -3.76. The molecule has 9 heteroatoms. The molecular formula is C37H44N2O6S. The number of carbonyl (C=O) groups is 1. The predicted octanol–water partition coefficient (Wildman–Crippen LogP) is 4.87. The molecule has 1 saturated heterocycles. The van der Waals surface area contributed by atoms with Crippen LogP contribution in [-0.2, 0) is 38.8 Å². The largest absolute Gasteiger partial charge is 0.483 e. The van der Waals surface area contributed by atoms with Gasteiger partial charge in [0, 0.05) is 31.6 Å². The number of esters is 1. The third-order valence-corrected chi connectivity index (χ3v) is 12.6. The number of piperidine rings is 1. The van der Waals surface area contributed by atoms with Gasteiger partial charge in [0.2, 0.25) is 10.0 Å². The average Bonchev–Trinajstić information content (AvgIpc) is 3.37. The van der Waals surface area contributed by atoms with Gasteiger partial charge in [0.25, 0.3) is 0 Å². The first-order valence-electron chi connectivity index (χ1n) is 16.6. The standard InChI is InChI=1S/C37H44N2O6S/c1-25(2)23-39(46(42,43)24-28-12-8-5-9-13-28)30-16-18-37(41)32-22-29-14-15-31(44-26(3)40)34-33(29)36(37,35(30)45-34)19-21-38(32)20-17-27-10-6-4-7-11-27/h4-15,25,30,32,35,41H,16-24H2,1-3H3/t30-,32-,35+,36+,37-/m1/s1. The number of benzene rings is 3. The van der Waals surface area contributed by atoms with Crippen LogP contribution in [0.3, 0.4) is 0 Å². The van der Waals surface area contributed by atoms with E-state index in [0.29, 0.717) is 43.7 Å². The summed E-state index contributed by atoms with van der Waals surface area (Å²) in [5.74, 6) is 0.357. The predicted molar refractivity (Wildman–Crippen MR) is 176 cm³/mol. The molecule has 0 radical (unpaired) electrons. The molecule has 8 nitrogen and oxygen atoms in total. The highest BCUT2D eigenvalue weighted by Crippen LogP contribution is 2.66. The van der Waals surface area contributed by atoms with E-state index in [0.717, 1.165) is 36.2 Å². The minimum absolute atomic E-state index is 0.0822. The quantitative estimate of drug-likeness (QED) is 0.249. The molecule has 2 fully saturated rings. The Balaban J connectivity index is 1.31. The van der Waals surface area contributed by atoms with Gasteiger partial charge in [-0.3, -0.25) is 9.69 Å². The first kappa shape index (κ1) is 31.4. The molecule has 3 aromatic carbocycles. The number of ether oxygens (including phenoxy) is 2. The van der Waals surface area contributed by atoms with Crippen LogP contribution in [0, 0.1) is 5.92 Å². The third-order valence-electron chi connectivity index (χ3n) is 10.8. The molecule has 2 aliphatic carbocycles. The molecule has 0 unspecified atom stereocenters. The van der Waals surface area contributed by atoms with E-state index in [1.54, 1.807) is 10.4 Å². The number of rotatable bonds is 10. The Morgan fingerprint density at radius 3 is 2.41 bits per heavy atom. The van der Waals surface area contributed by atoms with Crippen LogP contribution >= 0.6 is 0 Å². The van der Waals surface area contributed by atoms with Crippen molar-refractivity contribution in [2.24, 2.45) is 5.92 Å². The lowest BCUT2D eigenvalue weighted by atomic mass is 9.48. The number of hydrogen-bond donors (Lipinski definition) is 1. The summed E-state index contributed by atoms with van der Waals surface area (Å²) < 4.78 is 42.9. The molecule has 244 valence electrons. The number of carbonyl (C=O) groups excluding carboxylic acids is 1. The van der Waals surface area contributed by atoms with Crippen molar-refractivity contribution in [1.82, 2.24) is 9.21 Å². The van der Waals surface area contributed by atoms with Crippen molar-refractivity contribution in [3.63, 3.8) is 0 Å². The SMILES string of the molecule is CC(=O)Oc1ccc2c3c1O[C@H]1[C@H](N(CC(C)C)S(=O)(=O)Cc4ccccc4)CC[C@@]4(O)[C@@H](C2)N(CCc2ccccc2)CC[C@]314. The third kappa shape index (κ3) is 5.07. The fraction of sp³-hybridized carbons (Fsp3) is 0.486. The zero-order valence-corrected chi connectivity index (χ0v) is 27.7. The maximum absolute atomic E-state index is 14.3. The van der Waals surface area contributed by atoms with Gasteiger partial charge in [0.05, 0.1) is 22.8 Å². The van der Waals surface area contributed by atoms with Crippen molar-refractivity contribution >= 4 is 16.0 Å². The number of nitrogens with zero attached hydrogens (tertiary/aromatic N) is 2. The van der Waals surface area contributed by atoms with Crippen LogP contribution in [0.4, 0.5) is 0 Å². The van der Waals surface area contributed by atoms with Crippen molar-refractivity contribution < 1.29 is 27.8 Å². The first-order chi connectivity index (χ1) is 22.0. The van der Waals surface area contributed by atoms with Crippen molar-refractivity contribution in [2.75, 3.05) is 19.6 Å². The topological polar surface area (TPSA) is 96.4 Å². The Bertz CT molecular complexity index is 1710. The number of likely N-dealkylation sites (tertiary alicyclic amines) is 1. The minimum atomic E-state index is -3.76. The van der Waals surface area contributed by atoms with Crippen LogP contribution in [0.15, 0.2) is 72.8 Å². The van der Waals surface area contributed by atoms with Gasteiger partial charge < -0.3 is 14.6 Å². The summed E-state index contributed by atoms with van der Waals surface area (Å²) >= 11 is 0. The minimum Gasteiger partial charge on any atom is -0.483 e. The lowest BCUT2D eigenvalue weighted by Gasteiger charge is -2.64. The first-order valence-corrected chi connectivity index (χ1v) is 18.2. The highest BCUT2D eigenvalue weighted by molar-refractivity contribution is 7.88. The summed E-state index contributed by atoms with van der Waals surface area (Å²) in [6.07, 6.45) is 2.45. The van der Waals surface area contributed by atoms with E-state index in [1.165, 1.54) is 12.5 Å². The molecule has 4 aliphatic rings. The number of sulfonamides is 1. The summed E-state index contributed by atoms with van der Waals surface area (Å²) in [5, 5.41) is 13.1. The van der Waals surface area contributed by atoms with Gasteiger partial charge >= 0.3 is 5.97 Å². The van der Waals surface area contributed by atoms with Crippen LogP contribution in [0.2, 0.25) is 0 Å². The maximum atomic E-state index is 14.3. The van der Waals surface area contributed by atoms with Crippen LogP contribution in [0.25, 0.3) is 0 Å².